The average Bonchev–Trinajstić information content (AvgIpc) is 3.12. The second-order valence-electron chi connectivity index (χ2n) is 6.63. The lowest BCUT2D eigenvalue weighted by Crippen LogP contribution is -2.25. The van der Waals surface area contributed by atoms with Gasteiger partial charge in [0.25, 0.3) is 5.56 Å². The Balaban J connectivity index is 1.91. The molecule has 0 aliphatic carbocycles. The van der Waals surface area contributed by atoms with Crippen LogP contribution in [0.2, 0.25) is 0 Å². The molecule has 0 spiro atoms. The van der Waals surface area contributed by atoms with Gasteiger partial charge in [0.05, 0.1) is 10.9 Å². The molecule has 0 saturated heterocycles. The highest BCUT2D eigenvalue weighted by molar-refractivity contribution is 7.17. The van der Waals surface area contributed by atoms with Gasteiger partial charge in [-0.2, -0.15) is 0 Å². The van der Waals surface area contributed by atoms with Crippen LogP contribution in [0.15, 0.2) is 64.8 Å². The fraction of sp³-hybridized carbons (Fsp3) is 0.136. The number of aromatic carboxylic acids is 1. The van der Waals surface area contributed by atoms with Gasteiger partial charge in [0, 0.05) is 17.5 Å². The number of hydrogen-bond donors (Lipinski definition) is 1. The summed E-state index contributed by atoms with van der Waals surface area (Å²) in [6.07, 6.45) is 0.652. The average molecular weight is 390 g/mol. The van der Waals surface area contributed by atoms with Gasteiger partial charge in [-0.1, -0.05) is 54.1 Å². The number of rotatable bonds is 5. The van der Waals surface area contributed by atoms with Gasteiger partial charge in [0.2, 0.25) is 0 Å². The number of aromatic nitrogens is 2. The van der Waals surface area contributed by atoms with E-state index in [9.17, 15) is 14.7 Å². The zero-order chi connectivity index (χ0) is 19.7. The van der Waals surface area contributed by atoms with Crippen molar-refractivity contribution in [3.8, 4) is 11.4 Å². The normalized spacial score (nSPS) is 11.0. The molecule has 1 N–H and O–H groups in total. The van der Waals surface area contributed by atoms with Gasteiger partial charge in [-0.3, -0.25) is 9.36 Å². The van der Waals surface area contributed by atoms with Crippen molar-refractivity contribution in [3.63, 3.8) is 0 Å². The van der Waals surface area contributed by atoms with E-state index in [2.05, 4.69) is 4.98 Å². The lowest BCUT2D eigenvalue weighted by atomic mass is 10.1. The van der Waals surface area contributed by atoms with Crippen molar-refractivity contribution in [2.24, 2.45) is 0 Å². The molecule has 0 radical (unpaired) electrons. The number of nitrogens with zero attached hydrogens (tertiary/aromatic N) is 2. The van der Waals surface area contributed by atoms with Gasteiger partial charge in [0.15, 0.2) is 0 Å². The zero-order valence-corrected chi connectivity index (χ0v) is 16.1. The Bertz CT molecular complexity index is 1230. The topological polar surface area (TPSA) is 72.2 Å². The summed E-state index contributed by atoms with van der Waals surface area (Å²) in [5.74, 6) is -0.543. The molecule has 0 unspecified atom stereocenters. The molecule has 5 nitrogen and oxygen atoms in total. The van der Waals surface area contributed by atoms with Crippen molar-refractivity contribution < 1.29 is 9.90 Å². The first-order chi connectivity index (χ1) is 13.5. The predicted octanol–water partition coefficient (Wildman–Crippen LogP) is 4.37. The molecule has 0 saturated carbocycles. The van der Waals surface area contributed by atoms with Crippen LogP contribution in [0.4, 0.5) is 0 Å². The molecule has 0 fully saturated rings. The van der Waals surface area contributed by atoms with Crippen LogP contribution in [0.5, 0.6) is 0 Å². The molecule has 28 heavy (non-hydrogen) atoms. The quantitative estimate of drug-likeness (QED) is 0.549. The number of thiophene rings is 1. The summed E-state index contributed by atoms with van der Waals surface area (Å²) in [5.41, 5.74) is 2.72. The SMILES string of the molecule is Cc1cccc(-c2nc3scc(C(=O)O)c3c(=O)n2CCc2ccccc2)c1. The predicted molar refractivity (Wildman–Crippen MR) is 111 cm³/mol. The molecule has 0 atom stereocenters. The molecule has 0 bridgehead atoms. The molecule has 4 aromatic rings. The third kappa shape index (κ3) is 3.34. The van der Waals surface area contributed by atoms with Crippen LogP contribution in [-0.2, 0) is 13.0 Å². The maximum absolute atomic E-state index is 13.3. The molecular formula is C22H18N2O3S. The molecular weight excluding hydrogens is 372 g/mol. The van der Waals surface area contributed by atoms with Crippen LogP contribution >= 0.6 is 11.3 Å². The second-order valence-corrected chi connectivity index (χ2v) is 7.49. The summed E-state index contributed by atoms with van der Waals surface area (Å²) in [6, 6.07) is 17.7. The minimum absolute atomic E-state index is 0.0155. The van der Waals surface area contributed by atoms with Crippen LogP contribution in [0, 0.1) is 6.92 Å². The number of carbonyl (C=O) groups is 1. The van der Waals surface area contributed by atoms with Gasteiger partial charge >= 0.3 is 5.97 Å². The first-order valence-corrected chi connectivity index (χ1v) is 9.79. The maximum Gasteiger partial charge on any atom is 0.337 e. The minimum Gasteiger partial charge on any atom is -0.478 e. The summed E-state index contributed by atoms with van der Waals surface area (Å²) < 4.78 is 1.60. The Morgan fingerprint density at radius 2 is 1.93 bits per heavy atom. The second kappa shape index (κ2) is 7.40. The smallest absolute Gasteiger partial charge is 0.337 e. The number of aryl methyl sites for hydroxylation is 2. The molecule has 4 rings (SSSR count). The van der Waals surface area contributed by atoms with Crippen LogP contribution in [0.3, 0.4) is 0 Å². The maximum atomic E-state index is 13.3. The van der Waals surface area contributed by atoms with Crippen LogP contribution in [0.1, 0.15) is 21.5 Å². The van der Waals surface area contributed by atoms with E-state index in [1.165, 1.54) is 16.7 Å². The first-order valence-electron chi connectivity index (χ1n) is 8.91. The molecule has 6 heteroatoms. The Hall–Kier alpha value is -3.25. The lowest BCUT2D eigenvalue weighted by molar-refractivity contribution is 0.0699. The Kier molecular flexibility index (Phi) is 4.79. The van der Waals surface area contributed by atoms with Crippen LogP contribution in [0.25, 0.3) is 21.6 Å². The molecule has 2 heterocycles. The standard InChI is InChI=1S/C22H18N2O3S/c1-14-6-5-9-16(12-14)19-23-20-18(17(13-28-20)22(26)27)21(25)24(19)11-10-15-7-3-2-4-8-15/h2-9,12-13H,10-11H2,1H3,(H,26,27). The molecule has 2 aromatic heterocycles. The lowest BCUT2D eigenvalue weighted by Gasteiger charge is -2.13. The van der Waals surface area contributed by atoms with Crippen molar-refractivity contribution in [1.29, 1.82) is 0 Å². The highest BCUT2D eigenvalue weighted by Gasteiger charge is 2.20. The number of carboxylic acid groups (broad SMARTS) is 1. The molecule has 0 aliphatic heterocycles. The molecule has 0 aliphatic rings. The Labute approximate surface area is 165 Å². The largest absolute Gasteiger partial charge is 0.478 e. The zero-order valence-electron chi connectivity index (χ0n) is 15.3. The van der Waals surface area contributed by atoms with Crippen molar-refractivity contribution >= 4 is 27.5 Å². The Morgan fingerprint density at radius 3 is 2.64 bits per heavy atom. The van der Waals surface area contributed by atoms with E-state index in [1.807, 2.05) is 61.5 Å². The monoisotopic (exact) mass is 390 g/mol. The molecule has 140 valence electrons. The van der Waals surface area contributed by atoms with Gasteiger partial charge in [-0.05, 0) is 25.0 Å². The van der Waals surface area contributed by atoms with Crippen molar-refractivity contribution in [2.75, 3.05) is 0 Å². The molecule has 0 amide bonds. The van der Waals surface area contributed by atoms with Gasteiger partial charge in [0.1, 0.15) is 10.7 Å². The first kappa shape index (κ1) is 18.1. The van der Waals surface area contributed by atoms with E-state index in [4.69, 9.17) is 0 Å². The summed E-state index contributed by atoms with van der Waals surface area (Å²) in [6.45, 7) is 2.41. The highest BCUT2D eigenvalue weighted by Crippen LogP contribution is 2.26. The van der Waals surface area contributed by atoms with E-state index in [1.54, 1.807) is 4.57 Å². The summed E-state index contributed by atoms with van der Waals surface area (Å²) in [4.78, 5) is 30.0. The van der Waals surface area contributed by atoms with Crippen molar-refractivity contribution in [2.45, 2.75) is 19.9 Å². The number of benzene rings is 2. The van der Waals surface area contributed by atoms with Crippen LogP contribution < -0.4 is 5.56 Å². The van der Waals surface area contributed by atoms with E-state index >= 15 is 0 Å². The highest BCUT2D eigenvalue weighted by atomic mass is 32.1. The third-order valence-electron chi connectivity index (χ3n) is 4.67. The van der Waals surface area contributed by atoms with Crippen LogP contribution in [-0.4, -0.2) is 20.6 Å². The van der Waals surface area contributed by atoms with E-state index < -0.39 is 5.97 Å². The minimum atomic E-state index is -1.11. The van der Waals surface area contributed by atoms with E-state index in [0.29, 0.717) is 23.6 Å². The number of carboxylic acids is 1. The van der Waals surface area contributed by atoms with Crippen molar-refractivity contribution in [1.82, 2.24) is 9.55 Å². The third-order valence-corrected chi connectivity index (χ3v) is 5.54. The fourth-order valence-electron chi connectivity index (χ4n) is 3.28. The number of hydrogen-bond acceptors (Lipinski definition) is 4. The van der Waals surface area contributed by atoms with Gasteiger partial charge < -0.3 is 5.11 Å². The van der Waals surface area contributed by atoms with E-state index in [-0.39, 0.29) is 16.5 Å². The summed E-state index contributed by atoms with van der Waals surface area (Å²) in [7, 11) is 0. The van der Waals surface area contributed by atoms with E-state index in [0.717, 1.165) is 16.7 Å². The Morgan fingerprint density at radius 1 is 1.14 bits per heavy atom. The summed E-state index contributed by atoms with van der Waals surface area (Å²) >= 11 is 1.19. The van der Waals surface area contributed by atoms with Gasteiger partial charge in [-0.25, -0.2) is 9.78 Å². The van der Waals surface area contributed by atoms with Crippen molar-refractivity contribution in [3.05, 3.63) is 87.0 Å². The van der Waals surface area contributed by atoms with Gasteiger partial charge in [-0.15, -0.1) is 11.3 Å². The molecule has 2 aromatic carbocycles. The fourth-order valence-corrected chi connectivity index (χ4v) is 4.18. The summed E-state index contributed by atoms with van der Waals surface area (Å²) in [5, 5.41) is 11.1. The number of fused-ring (bicyclic) bond motifs is 1.